The van der Waals surface area contributed by atoms with Crippen LogP contribution in [0.1, 0.15) is 56.3 Å². The minimum Gasteiger partial charge on any atom is -0.309 e. The third-order valence-electron chi connectivity index (χ3n) is 3.58. The van der Waals surface area contributed by atoms with Gasteiger partial charge in [0.05, 0.1) is 5.69 Å². The number of aryl methyl sites for hydroxylation is 1. The van der Waals surface area contributed by atoms with Crippen molar-refractivity contribution >= 4 is 0 Å². The Kier molecular flexibility index (Phi) is 4.55. The lowest BCUT2D eigenvalue weighted by Crippen LogP contribution is -2.24. The van der Waals surface area contributed by atoms with Crippen molar-refractivity contribution in [3.05, 3.63) is 29.6 Å². The molecule has 1 fully saturated rings. The van der Waals surface area contributed by atoms with Gasteiger partial charge in [-0.15, -0.1) is 0 Å². The van der Waals surface area contributed by atoms with Crippen LogP contribution in [0.4, 0.5) is 0 Å². The highest BCUT2D eigenvalue weighted by Gasteiger charge is 2.23. The zero-order chi connectivity index (χ0) is 12.1. The van der Waals surface area contributed by atoms with Gasteiger partial charge in [-0.05, 0) is 50.3 Å². The van der Waals surface area contributed by atoms with Crippen molar-refractivity contribution in [3.63, 3.8) is 0 Å². The number of rotatable bonds is 7. The molecule has 1 aliphatic rings. The molecule has 17 heavy (non-hydrogen) atoms. The van der Waals surface area contributed by atoms with E-state index in [0.29, 0.717) is 6.04 Å². The van der Waals surface area contributed by atoms with Gasteiger partial charge in [-0.1, -0.05) is 25.8 Å². The van der Waals surface area contributed by atoms with Crippen LogP contribution in [0.5, 0.6) is 0 Å². The van der Waals surface area contributed by atoms with E-state index in [-0.39, 0.29) is 0 Å². The van der Waals surface area contributed by atoms with E-state index in [1.807, 2.05) is 12.3 Å². The third-order valence-corrected chi connectivity index (χ3v) is 3.58. The molecule has 0 aliphatic heterocycles. The van der Waals surface area contributed by atoms with Crippen molar-refractivity contribution in [2.45, 2.75) is 52.0 Å². The molecule has 2 nitrogen and oxygen atoms in total. The van der Waals surface area contributed by atoms with Gasteiger partial charge in [-0.3, -0.25) is 4.98 Å². The Labute approximate surface area is 105 Å². The molecule has 1 saturated carbocycles. The Morgan fingerprint density at radius 2 is 2.29 bits per heavy atom. The summed E-state index contributed by atoms with van der Waals surface area (Å²) < 4.78 is 0. The van der Waals surface area contributed by atoms with Crippen LogP contribution in [-0.2, 0) is 0 Å². The summed E-state index contributed by atoms with van der Waals surface area (Å²) in [5.41, 5.74) is 2.57. The summed E-state index contributed by atoms with van der Waals surface area (Å²) in [5.74, 6) is 1.00. The molecule has 0 bridgehead atoms. The first kappa shape index (κ1) is 12.6. The van der Waals surface area contributed by atoms with Crippen LogP contribution in [0.15, 0.2) is 18.3 Å². The first-order chi connectivity index (χ1) is 8.31. The molecule has 0 aromatic carbocycles. The molecule has 1 atom stereocenters. The molecule has 0 saturated heterocycles. The SMILES string of the molecule is CCCNC(CCC1CC1)c1ncccc1C. The van der Waals surface area contributed by atoms with E-state index < -0.39 is 0 Å². The van der Waals surface area contributed by atoms with Crippen molar-refractivity contribution in [3.8, 4) is 0 Å². The van der Waals surface area contributed by atoms with Gasteiger partial charge in [-0.2, -0.15) is 0 Å². The first-order valence-electron chi connectivity index (χ1n) is 6.96. The molecule has 0 radical (unpaired) electrons. The number of hydrogen-bond acceptors (Lipinski definition) is 2. The average Bonchev–Trinajstić information content (AvgIpc) is 3.15. The smallest absolute Gasteiger partial charge is 0.0602 e. The fraction of sp³-hybridized carbons (Fsp3) is 0.667. The van der Waals surface area contributed by atoms with Crippen LogP contribution in [0, 0.1) is 12.8 Å². The molecule has 1 aliphatic carbocycles. The number of nitrogens with zero attached hydrogens (tertiary/aromatic N) is 1. The summed E-state index contributed by atoms with van der Waals surface area (Å²) in [6.07, 6.45) is 8.59. The highest BCUT2D eigenvalue weighted by Crippen LogP contribution is 2.35. The lowest BCUT2D eigenvalue weighted by molar-refractivity contribution is 0.459. The van der Waals surface area contributed by atoms with E-state index in [1.165, 1.54) is 43.4 Å². The standard InChI is InChI=1S/C15H24N2/c1-3-10-16-14(9-8-13-6-7-13)15-12(2)5-4-11-17-15/h4-5,11,13-14,16H,3,6-10H2,1-2H3. The molecule has 0 spiro atoms. The van der Waals surface area contributed by atoms with Crippen molar-refractivity contribution in [2.75, 3.05) is 6.54 Å². The summed E-state index contributed by atoms with van der Waals surface area (Å²) in [4.78, 5) is 4.57. The molecule has 94 valence electrons. The normalized spacial score (nSPS) is 17.1. The maximum absolute atomic E-state index is 4.57. The van der Waals surface area contributed by atoms with Crippen LogP contribution in [0.2, 0.25) is 0 Å². The second-order valence-electron chi connectivity index (χ2n) is 5.23. The summed E-state index contributed by atoms with van der Waals surface area (Å²) in [6.45, 7) is 5.47. The summed E-state index contributed by atoms with van der Waals surface area (Å²) >= 11 is 0. The fourth-order valence-corrected chi connectivity index (χ4v) is 2.33. The number of aromatic nitrogens is 1. The van der Waals surface area contributed by atoms with E-state index in [4.69, 9.17) is 0 Å². The molecule has 0 amide bonds. The summed E-state index contributed by atoms with van der Waals surface area (Å²) in [5, 5.41) is 3.65. The Hall–Kier alpha value is -0.890. The largest absolute Gasteiger partial charge is 0.309 e. The van der Waals surface area contributed by atoms with Crippen molar-refractivity contribution in [1.82, 2.24) is 10.3 Å². The zero-order valence-corrected chi connectivity index (χ0v) is 11.1. The van der Waals surface area contributed by atoms with Gasteiger partial charge in [0.15, 0.2) is 0 Å². The van der Waals surface area contributed by atoms with Crippen LogP contribution < -0.4 is 5.32 Å². The first-order valence-corrected chi connectivity index (χ1v) is 6.96. The van der Waals surface area contributed by atoms with Crippen LogP contribution in [-0.4, -0.2) is 11.5 Å². The van der Waals surface area contributed by atoms with Gasteiger partial charge in [0.25, 0.3) is 0 Å². The van der Waals surface area contributed by atoms with Gasteiger partial charge in [0.1, 0.15) is 0 Å². The van der Waals surface area contributed by atoms with E-state index >= 15 is 0 Å². The van der Waals surface area contributed by atoms with Crippen LogP contribution in [0.25, 0.3) is 0 Å². The van der Waals surface area contributed by atoms with E-state index in [0.717, 1.165) is 12.5 Å². The number of hydrogen-bond donors (Lipinski definition) is 1. The average molecular weight is 232 g/mol. The van der Waals surface area contributed by atoms with Gasteiger partial charge >= 0.3 is 0 Å². The zero-order valence-electron chi connectivity index (χ0n) is 11.1. The van der Waals surface area contributed by atoms with Crippen molar-refractivity contribution in [2.24, 2.45) is 5.92 Å². The lowest BCUT2D eigenvalue weighted by Gasteiger charge is -2.19. The second-order valence-corrected chi connectivity index (χ2v) is 5.23. The van der Waals surface area contributed by atoms with Crippen molar-refractivity contribution < 1.29 is 0 Å². The molecule has 1 aromatic heterocycles. The number of pyridine rings is 1. The predicted octanol–water partition coefficient (Wildman–Crippen LogP) is 3.62. The topological polar surface area (TPSA) is 24.9 Å². The Morgan fingerprint density at radius 1 is 1.47 bits per heavy atom. The summed E-state index contributed by atoms with van der Waals surface area (Å²) in [6, 6.07) is 4.65. The third kappa shape index (κ3) is 3.81. The number of nitrogens with one attached hydrogen (secondary N) is 1. The monoisotopic (exact) mass is 232 g/mol. The minimum absolute atomic E-state index is 0.455. The molecule has 1 aromatic rings. The molecule has 1 unspecified atom stereocenters. The Bertz CT molecular complexity index is 345. The van der Waals surface area contributed by atoms with Crippen LogP contribution >= 0.6 is 0 Å². The lowest BCUT2D eigenvalue weighted by atomic mass is 10.0. The highest BCUT2D eigenvalue weighted by molar-refractivity contribution is 5.21. The van der Waals surface area contributed by atoms with Gasteiger partial charge in [0, 0.05) is 12.2 Å². The van der Waals surface area contributed by atoms with E-state index in [2.05, 4.69) is 30.2 Å². The maximum atomic E-state index is 4.57. The molecular formula is C15H24N2. The molecule has 1 heterocycles. The predicted molar refractivity (Wildman–Crippen MR) is 72.0 cm³/mol. The van der Waals surface area contributed by atoms with Gasteiger partial charge in [0.2, 0.25) is 0 Å². The second kappa shape index (κ2) is 6.15. The maximum Gasteiger partial charge on any atom is 0.0602 e. The molecular weight excluding hydrogens is 208 g/mol. The van der Waals surface area contributed by atoms with Gasteiger partial charge < -0.3 is 5.32 Å². The highest BCUT2D eigenvalue weighted by atomic mass is 14.9. The quantitative estimate of drug-likeness (QED) is 0.776. The minimum atomic E-state index is 0.455. The summed E-state index contributed by atoms with van der Waals surface area (Å²) in [7, 11) is 0. The van der Waals surface area contributed by atoms with Crippen molar-refractivity contribution in [1.29, 1.82) is 0 Å². The van der Waals surface area contributed by atoms with E-state index in [1.54, 1.807) is 0 Å². The fourth-order valence-electron chi connectivity index (χ4n) is 2.33. The molecule has 2 rings (SSSR count). The van der Waals surface area contributed by atoms with Gasteiger partial charge in [-0.25, -0.2) is 0 Å². The Balaban J connectivity index is 1.99. The van der Waals surface area contributed by atoms with Crippen LogP contribution in [0.3, 0.4) is 0 Å². The Morgan fingerprint density at radius 3 is 2.94 bits per heavy atom. The van der Waals surface area contributed by atoms with E-state index in [9.17, 15) is 0 Å². The molecule has 1 N–H and O–H groups in total. The molecule has 2 heteroatoms.